The first-order valence-corrected chi connectivity index (χ1v) is 12.5. The largest absolute Gasteiger partial charge is 0.506 e. The maximum absolute atomic E-state index is 13.2. The Labute approximate surface area is 230 Å². The van der Waals surface area contributed by atoms with Crippen LogP contribution in [0.2, 0.25) is 5.02 Å². The zero-order chi connectivity index (χ0) is 28.4. The van der Waals surface area contributed by atoms with Gasteiger partial charge in [-0.25, -0.2) is 5.43 Å². The van der Waals surface area contributed by atoms with E-state index in [9.17, 15) is 24.3 Å². The van der Waals surface area contributed by atoms with E-state index in [4.69, 9.17) is 21.1 Å². The summed E-state index contributed by atoms with van der Waals surface area (Å²) in [6.45, 7) is 2.86. The van der Waals surface area contributed by atoms with Gasteiger partial charge in [0.25, 0.3) is 5.91 Å². The number of hydrazone groups is 1. The van der Waals surface area contributed by atoms with E-state index < -0.39 is 23.8 Å². The highest BCUT2D eigenvalue weighted by atomic mass is 35.5. The normalized spacial score (nSPS) is 10.8. The molecule has 0 spiro atoms. The van der Waals surface area contributed by atoms with Crippen molar-refractivity contribution in [1.82, 2.24) is 10.3 Å². The van der Waals surface area contributed by atoms with Gasteiger partial charge in [-0.05, 0) is 48.4 Å². The number of carbonyl (C=O) groups is 4. The SMILES string of the molecule is CCOC(=O)CN(CC(=O)OCC)C(=O)Cc1ccc(C=NNC(=O)c2ccc(O)c(Cl)c2)c2ccccc12. The van der Waals surface area contributed by atoms with Crippen LogP contribution in [0.4, 0.5) is 0 Å². The standard InChI is InChI=1S/C28H28ClN3O7/c1-3-38-26(35)16-32(17-27(36)39-4-2)25(34)14-18-9-10-20(22-8-6-5-7-21(18)22)15-30-31-28(37)19-11-12-24(33)23(29)13-19/h5-13,15,33H,3-4,14,16-17H2,1-2H3,(H,31,37). The van der Waals surface area contributed by atoms with E-state index in [0.29, 0.717) is 11.1 Å². The molecular weight excluding hydrogens is 526 g/mol. The van der Waals surface area contributed by atoms with Gasteiger partial charge in [0, 0.05) is 11.1 Å². The van der Waals surface area contributed by atoms with Gasteiger partial charge in [0.05, 0.1) is 30.9 Å². The number of fused-ring (bicyclic) bond motifs is 1. The lowest BCUT2D eigenvalue weighted by molar-refractivity contribution is -0.153. The predicted octanol–water partition coefficient (Wildman–Crippen LogP) is 3.46. The second-order valence-electron chi connectivity index (χ2n) is 8.26. The fraction of sp³-hybridized carbons (Fsp3) is 0.250. The molecule has 0 saturated heterocycles. The molecule has 3 rings (SSSR count). The number of esters is 2. The third kappa shape index (κ3) is 8.02. The van der Waals surface area contributed by atoms with E-state index in [2.05, 4.69) is 10.5 Å². The number of ether oxygens (including phenoxy) is 2. The number of carbonyl (C=O) groups excluding carboxylic acids is 4. The Morgan fingerprint density at radius 2 is 1.59 bits per heavy atom. The fourth-order valence-electron chi connectivity index (χ4n) is 3.76. The zero-order valence-electron chi connectivity index (χ0n) is 21.5. The van der Waals surface area contributed by atoms with Crippen molar-refractivity contribution in [3.63, 3.8) is 0 Å². The maximum atomic E-state index is 13.2. The molecule has 0 radical (unpaired) electrons. The van der Waals surface area contributed by atoms with Crippen molar-refractivity contribution < 1.29 is 33.8 Å². The summed E-state index contributed by atoms with van der Waals surface area (Å²) >= 11 is 5.86. The van der Waals surface area contributed by atoms with Crippen molar-refractivity contribution in [2.45, 2.75) is 20.3 Å². The summed E-state index contributed by atoms with van der Waals surface area (Å²) in [4.78, 5) is 50.7. The van der Waals surface area contributed by atoms with Gasteiger partial charge in [0.1, 0.15) is 18.8 Å². The molecule has 0 aliphatic heterocycles. The lowest BCUT2D eigenvalue weighted by atomic mass is 9.98. The highest BCUT2D eigenvalue weighted by Crippen LogP contribution is 2.24. The Kier molecular flexibility index (Phi) is 10.4. The number of nitrogens with one attached hydrogen (secondary N) is 1. The molecule has 10 nitrogen and oxygen atoms in total. The van der Waals surface area contributed by atoms with Crippen LogP contribution in [0.3, 0.4) is 0 Å². The third-order valence-corrected chi connectivity index (χ3v) is 5.88. The first-order chi connectivity index (χ1) is 18.7. The lowest BCUT2D eigenvalue weighted by Gasteiger charge is -2.21. The molecule has 2 N–H and O–H groups in total. The molecule has 3 aromatic rings. The molecular formula is C28H28ClN3O7. The van der Waals surface area contributed by atoms with Crippen LogP contribution in [-0.2, 0) is 30.3 Å². The van der Waals surface area contributed by atoms with E-state index in [0.717, 1.165) is 15.7 Å². The molecule has 0 heterocycles. The summed E-state index contributed by atoms with van der Waals surface area (Å²) < 4.78 is 9.89. The quantitative estimate of drug-likeness (QED) is 0.211. The Balaban J connectivity index is 1.79. The van der Waals surface area contributed by atoms with Gasteiger partial charge < -0.3 is 19.5 Å². The number of halogens is 1. The Bertz CT molecular complexity index is 1390. The molecule has 39 heavy (non-hydrogen) atoms. The molecule has 2 amide bonds. The minimum absolute atomic E-state index is 0.0471. The monoisotopic (exact) mass is 553 g/mol. The average molecular weight is 554 g/mol. The smallest absolute Gasteiger partial charge is 0.325 e. The number of aromatic hydroxyl groups is 1. The van der Waals surface area contributed by atoms with E-state index in [1.54, 1.807) is 26.0 Å². The number of rotatable bonds is 11. The molecule has 3 aromatic carbocycles. The van der Waals surface area contributed by atoms with Crippen molar-refractivity contribution in [3.8, 4) is 5.75 Å². The molecule has 11 heteroatoms. The third-order valence-electron chi connectivity index (χ3n) is 5.57. The lowest BCUT2D eigenvalue weighted by Crippen LogP contribution is -2.41. The molecule has 0 bridgehead atoms. The molecule has 0 unspecified atom stereocenters. The van der Waals surface area contributed by atoms with E-state index in [-0.39, 0.29) is 49.1 Å². The molecule has 0 aliphatic carbocycles. The van der Waals surface area contributed by atoms with E-state index in [1.807, 2.05) is 24.3 Å². The van der Waals surface area contributed by atoms with E-state index >= 15 is 0 Å². The number of phenols is 1. The van der Waals surface area contributed by atoms with Gasteiger partial charge in [-0.15, -0.1) is 0 Å². The van der Waals surface area contributed by atoms with Crippen molar-refractivity contribution in [1.29, 1.82) is 0 Å². The van der Waals surface area contributed by atoms with Crippen molar-refractivity contribution in [3.05, 3.63) is 76.3 Å². The Morgan fingerprint density at radius 3 is 2.21 bits per heavy atom. The van der Waals surface area contributed by atoms with Crippen LogP contribution in [0, 0.1) is 0 Å². The number of benzene rings is 3. The van der Waals surface area contributed by atoms with Gasteiger partial charge in [-0.2, -0.15) is 5.10 Å². The predicted molar refractivity (Wildman–Crippen MR) is 146 cm³/mol. The first kappa shape index (κ1) is 29.1. The molecule has 0 aliphatic rings. The molecule has 0 saturated carbocycles. The molecule has 0 atom stereocenters. The second kappa shape index (κ2) is 13.9. The number of amides is 2. The van der Waals surface area contributed by atoms with Gasteiger partial charge in [0.15, 0.2) is 0 Å². The van der Waals surface area contributed by atoms with Crippen LogP contribution in [0.1, 0.15) is 35.3 Å². The van der Waals surface area contributed by atoms with E-state index in [1.165, 1.54) is 24.4 Å². The summed E-state index contributed by atoms with van der Waals surface area (Å²) in [5.41, 5.74) is 4.00. The van der Waals surface area contributed by atoms with Gasteiger partial charge in [0.2, 0.25) is 5.91 Å². The van der Waals surface area contributed by atoms with Crippen LogP contribution >= 0.6 is 11.6 Å². The summed E-state index contributed by atoms with van der Waals surface area (Å²) in [6, 6.07) is 14.9. The average Bonchev–Trinajstić information content (AvgIpc) is 2.91. The van der Waals surface area contributed by atoms with Gasteiger partial charge in [-0.3, -0.25) is 19.2 Å². The summed E-state index contributed by atoms with van der Waals surface area (Å²) in [5, 5.41) is 15.1. The van der Waals surface area contributed by atoms with Crippen molar-refractivity contribution in [2.75, 3.05) is 26.3 Å². The summed E-state index contributed by atoms with van der Waals surface area (Å²) in [7, 11) is 0. The fourth-order valence-corrected chi connectivity index (χ4v) is 3.94. The minimum atomic E-state index is -0.622. The Morgan fingerprint density at radius 1 is 0.949 bits per heavy atom. The van der Waals surface area contributed by atoms with Crippen LogP contribution in [0.15, 0.2) is 59.7 Å². The highest BCUT2D eigenvalue weighted by molar-refractivity contribution is 6.32. The molecule has 0 fully saturated rings. The van der Waals surface area contributed by atoms with Crippen LogP contribution in [0.25, 0.3) is 10.8 Å². The number of nitrogens with zero attached hydrogens (tertiary/aromatic N) is 2. The van der Waals surface area contributed by atoms with Crippen LogP contribution < -0.4 is 5.43 Å². The van der Waals surface area contributed by atoms with Crippen LogP contribution in [-0.4, -0.2) is 66.3 Å². The highest BCUT2D eigenvalue weighted by Gasteiger charge is 2.22. The number of hydrogen-bond acceptors (Lipinski definition) is 8. The van der Waals surface area contributed by atoms with Gasteiger partial charge >= 0.3 is 11.9 Å². The minimum Gasteiger partial charge on any atom is -0.506 e. The van der Waals surface area contributed by atoms with Crippen molar-refractivity contribution in [2.24, 2.45) is 5.10 Å². The zero-order valence-corrected chi connectivity index (χ0v) is 22.2. The van der Waals surface area contributed by atoms with Gasteiger partial charge in [-0.1, -0.05) is 48.0 Å². The Hall–Kier alpha value is -4.44. The molecule has 204 valence electrons. The topological polar surface area (TPSA) is 135 Å². The number of hydrogen-bond donors (Lipinski definition) is 2. The molecule has 0 aromatic heterocycles. The maximum Gasteiger partial charge on any atom is 0.325 e. The first-order valence-electron chi connectivity index (χ1n) is 12.1. The summed E-state index contributed by atoms with van der Waals surface area (Å²) in [5.74, 6) is -2.33. The second-order valence-corrected chi connectivity index (χ2v) is 8.67. The van der Waals surface area contributed by atoms with Crippen molar-refractivity contribution >= 4 is 52.3 Å². The number of phenolic OH excluding ortho intramolecular Hbond substituents is 1. The summed E-state index contributed by atoms with van der Waals surface area (Å²) in [6.07, 6.45) is 1.40. The van der Waals surface area contributed by atoms with Crippen LogP contribution in [0.5, 0.6) is 5.75 Å².